The maximum absolute atomic E-state index is 11.9. The molecule has 0 aliphatic heterocycles. The minimum absolute atomic E-state index is 0.0718. The Kier molecular flexibility index (Phi) is 3.85. The minimum atomic E-state index is -0.432. The highest BCUT2D eigenvalue weighted by atomic mass is 32.2. The maximum atomic E-state index is 11.9. The van der Waals surface area contributed by atoms with Gasteiger partial charge in [-0.3, -0.25) is 0 Å². The van der Waals surface area contributed by atoms with Crippen LogP contribution in [-0.4, -0.2) is 15.3 Å². The molecule has 2 aromatic heterocycles. The summed E-state index contributed by atoms with van der Waals surface area (Å²) in [5.41, 5.74) is 0.876. The number of thioether (sulfide) groups is 1. The third-order valence-corrected chi connectivity index (χ3v) is 7.93. The zero-order valence-corrected chi connectivity index (χ0v) is 16.8. The molecular weight excluding hydrogens is 388 g/mol. The Hall–Kier alpha value is -2.28. The van der Waals surface area contributed by atoms with Crippen molar-refractivity contribution >= 4 is 22.7 Å². The first kappa shape index (κ1) is 17.6. The van der Waals surface area contributed by atoms with E-state index in [1.165, 1.54) is 62.4 Å². The number of aromatic nitrogens is 2. The Balaban J connectivity index is 1.25. The second kappa shape index (κ2) is 6.36. The highest BCUT2D eigenvalue weighted by Crippen LogP contribution is 2.60. The summed E-state index contributed by atoms with van der Waals surface area (Å²) < 4.78 is 11.4. The lowest BCUT2D eigenvalue weighted by Crippen LogP contribution is -2.48. The molecule has 4 saturated carbocycles. The van der Waals surface area contributed by atoms with Crippen molar-refractivity contribution in [2.75, 3.05) is 0 Å². The summed E-state index contributed by atoms with van der Waals surface area (Å²) in [6, 6.07) is 6.30. The van der Waals surface area contributed by atoms with Crippen LogP contribution < -0.4 is 5.63 Å². The van der Waals surface area contributed by atoms with Crippen LogP contribution in [0.1, 0.15) is 50.0 Å². The Morgan fingerprint density at radius 3 is 2.48 bits per heavy atom. The maximum Gasteiger partial charge on any atom is 0.336 e. The highest BCUT2D eigenvalue weighted by molar-refractivity contribution is 7.98. The molecule has 4 aliphatic carbocycles. The van der Waals surface area contributed by atoms with Crippen LogP contribution in [0.2, 0.25) is 0 Å². The molecule has 4 bridgehead atoms. The Morgan fingerprint density at radius 2 is 1.76 bits per heavy atom. The number of fused-ring (bicyclic) bond motifs is 1. The van der Waals surface area contributed by atoms with Crippen LogP contribution in [0, 0.1) is 17.8 Å². The highest BCUT2D eigenvalue weighted by Gasteiger charge is 2.54. The summed E-state index contributed by atoms with van der Waals surface area (Å²) >= 11 is 1.44. The van der Waals surface area contributed by atoms with Gasteiger partial charge in [-0.15, -0.1) is 10.2 Å². The van der Waals surface area contributed by atoms with Crippen LogP contribution in [0.3, 0.4) is 0 Å². The van der Waals surface area contributed by atoms with Gasteiger partial charge >= 0.3 is 5.63 Å². The monoisotopic (exact) mass is 410 g/mol. The Bertz CT molecular complexity index is 1120. The second-order valence-corrected chi connectivity index (χ2v) is 10.1. The molecule has 4 aliphatic rings. The molecule has 3 aromatic rings. The number of aromatic hydroxyl groups is 1. The molecule has 0 amide bonds. The third-order valence-electron chi connectivity index (χ3n) is 7.06. The molecule has 7 rings (SSSR count). The van der Waals surface area contributed by atoms with E-state index in [9.17, 15) is 9.90 Å². The van der Waals surface area contributed by atoms with Gasteiger partial charge in [0.2, 0.25) is 5.89 Å². The van der Waals surface area contributed by atoms with Gasteiger partial charge < -0.3 is 13.9 Å². The first-order valence-electron chi connectivity index (χ1n) is 10.3. The second-order valence-electron chi connectivity index (χ2n) is 9.13. The van der Waals surface area contributed by atoms with Crippen LogP contribution in [0.5, 0.6) is 5.75 Å². The summed E-state index contributed by atoms with van der Waals surface area (Å²) in [6.45, 7) is 0. The first-order valence-corrected chi connectivity index (χ1v) is 11.3. The van der Waals surface area contributed by atoms with Gasteiger partial charge in [-0.05, 0) is 74.0 Å². The molecule has 0 radical (unpaired) electrons. The van der Waals surface area contributed by atoms with E-state index in [2.05, 4.69) is 10.2 Å². The summed E-state index contributed by atoms with van der Waals surface area (Å²) in [5.74, 6) is 3.90. The molecule has 29 heavy (non-hydrogen) atoms. The smallest absolute Gasteiger partial charge is 0.336 e. The van der Waals surface area contributed by atoms with Crippen molar-refractivity contribution in [3.63, 3.8) is 0 Å². The number of phenols is 1. The number of phenolic OH excluding ortho intramolecular Hbond substituents is 1. The lowest BCUT2D eigenvalue weighted by Gasteiger charge is -2.55. The normalized spacial score (nSPS) is 30.3. The standard InChI is InChI=1S/C22H22N2O4S/c25-16-1-2-17-15(6-19(26)27-18(17)7-16)11-29-21-24-23-20(28-21)22-8-12-3-13(9-22)5-14(4-12)10-22/h1-2,6-7,12-14,25H,3-5,8-11H2. The van der Waals surface area contributed by atoms with Crippen LogP contribution >= 0.6 is 11.8 Å². The SMILES string of the molecule is O=c1cc(CSc2nnc(C34CC5CC(CC(C5)C3)C4)o2)c2ccc(O)cc2o1. The number of benzene rings is 1. The molecule has 6 nitrogen and oxygen atoms in total. The molecule has 1 N–H and O–H groups in total. The van der Waals surface area contributed by atoms with E-state index in [0.29, 0.717) is 16.6 Å². The molecule has 1 aromatic carbocycles. The van der Waals surface area contributed by atoms with Crippen molar-refractivity contribution in [3.8, 4) is 5.75 Å². The zero-order valence-electron chi connectivity index (χ0n) is 16.0. The molecule has 7 heteroatoms. The van der Waals surface area contributed by atoms with Gasteiger partial charge in [0.25, 0.3) is 5.22 Å². The van der Waals surface area contributed by atoms with E-state index in [1.54, 1.807) is 12.1 Å². The van der Waals surface area contributed by atoms with Crippen molar-refractivity contribution in [2.45, 2.75) is 54.9 Å². The van der Waals surface area contributed by atoms with Gasteiger partial charge in [0.1, 0.15) is 11.3 Å². The fraction of sp³-hybridized carbons (Fsp3) is 0.500. The first-order chi connectivity index (χ1) is 14.1. The average molecular weight is 410 g/mol. The topological polar surface area (TPSA) is 89.4 Å². The summed E-state index contributed by atoms with van der Waals surface area (Å²) in [4.78, 5) is 11.9. The van der Waals surface area contributed by atoms with Crippen molar-refractivity contribution in [2.24, 2.45) is 17.8 Å². The third kappa shape index (κ3) is 2.98. The lowest BCUT2D eigenvalue weighted by molar-refractivity contribution is -0.0191. The molecule has 0 atom stereocenters. The van der Waals surface area contributed by atoms with E-state index < -0.39 is 5.63 Å². The van der Waals surface area contributed by atoms with Crippen molar-refractivity contribution in [1.82, 2.24) is 10.2 Å². The van der Waals surface area contributed by atoms with Gasteiger partial charge in [-0.25, -0.2) is 4.79 Å². The van der Waals surface area contributed by atoms with Crippen molar-refractivity contribution in [3.05, 3.63) is 46.1 Å². The molecule has 0 spiro atoms. The average Bonchev–Trinajstić information content (AvgIpc) is 3.14. The summed E-state index contributed by atoms with van der Waals surface area (Å²) in [5, 5.41) is 19.8. The zero-order chi connectivity index (χ0) is 19.6. The number of rotatable bonds is 4. The lowest BCUT2D eigenvalue weighted by atomic mass is 9.49. The largest absolute Gasteiger partial charge is 0.508 e. The predicted octanol–water partition coefficient (Wildman–Crippen LogP) is 4.64. The van der Waals surface area contributed by atoms with Gasteiger partial charge in [0.05, 0.1) is 0 Å². The number of nitrogens with zero attached hydrogens (tertiary/aromatic N) is 2. The fourth-order valence-electron chi connectivity index (χ4n) is 6.33. The van der Waals surface area contributed by atoms with Crippen LogP contribution in [0.4, 0.5) is 0 Å². The van der Waals surface area contributed by atoms with E-state index >= 15 is 0 Å². The molecule has 150 valence electrons. The summed E-state index contributed by atoms with van der Waals surface area (Å²) in [6.07, 6.45) is 7.73. The van der Waals surface area contributed by atoms with E-state index in [0.717, 1.165) is 34.6 Å². The Labute approximate surface area is 171 Å². The van der Waals surface area contributed by atoms with Crippen molar-refractivity contribution in [1.29, 1.82) is 0 Å². The summed E-state index contributed by atoms with van der Waals surface area (Å²) in [7, 11) is 0. The van der Waals surface area contributed by atoms with Crippen LogP contribution in [0.15, 0.2) is 43.1 Å². The van der Waals surface area contributed by atoms with Crippen LogP contribution in [0.25, 0.3) is 11.0 Å². The molecule has 2 heterocycles. The predicted molar refractivity (Wildman–Crippen MR) is 108 cm³/mol. The van der Waals surface area contributed by atoms with Gasteiger partial charge in [-0.2, -0.15) is 0 Å². The Morgan fingerprint density at radius 1 is 1.03 bits per heavy atom. The number of hydrogen-bond donors (Lipinski definition) is 1. The quantitative estimate of drug-likeness (QED) is 0.495. The fourth-order valence-corrected chi connectivity index (χ4v) is 7.09. The van der Waals surface area contributed by atoms with E-state index in [4.69, 9.17) is 8.83 Å². The molecule has 0 saturated heterocycles. The van der Waals surface area contributed by atoms with Gasteiger partial charge in [0.15, 0.2) is 0 Å². The van der Waals surface area contributed by atoms with E-state index in [1.807, 2.05) is 0 Å². The molecular formula is C22H22N2O4S. The minimum Gasteiger partial charge on any atom is -0.508 e. The molecule has 0 unspecified atom stereocenters. The van der Waals surface area contributed by atoms with Gasteiger partial charge in [0, 0.05) is 28.7 Å². The van der Waals surface area contributed by atoms with E-state index in [-0.39, 0.29) is 11.2 Å². The van der Waals surface area contributed by atoms with Crippen LogP contribution in [-0.2, 0) is 11.2 Å². The molecule has 4 fully saturated rings. The number of hydrogen-bond acceptors (Lipinski definition) is 7. The van der Waals surface area contributed by atoms with Crippen molar-refractivity contribution < 1.29 is 13.9 Å². The van der Waals surface area contributed by atoms with Gasteiger partial charge in [-0.1, -0.05) is 11.8 Å².